The average molecular weight is 394 g/mol. The minimum Gasteiger partial charge on any atom is -0.353 e. The lowest BCUT2D eigenvalue weighted by Crippen LogP contribution is -2.30. The molecule has 0 radical (unpaired) electrons. The van der Waals surface area contributed by atoms with E-state index in [-0.39, 0.29) is 24.4 Å². The normalized spacial score (nSPS) is 44.9. The Morgan fingerprint density at radius 1 is 0.607 bits per heavy atom. The molecule has 4 heterocycles. The van der Waals surface area contributed by atoms with Gasteiger partial charge in [0, 0.05) is 14.2 Å². The van der Waals surface area contributed by atoms with Crippen molar-refractivity contribution < 1.29 is 37.9 Å². The van der Waals surface area contributed by atoms with Crippen LogP contribution >= 0.6 is 0 Å². The minimum absolute atomic E-state index is 0.320. The van der Waals surface area contributed by atoms with Gasteiger partial charge in [0.1, 0.15) is 24.4 Å². The fourth-order valence-electron chi connectivity index (χ4n) is 3.95. The molecule has 4 aliphatic rings. The molecule has 4 aliphatic heterocycles. The van der Waals surface area contributed by atoms with Crippen molar-refractivity contribution in [3.05, 3.63) is 0 Å². The monoisotopic (exact) mass is 394 g/mol. The fourth-order valence-corrected chi connectivity index (χ4v) is 3.95. The molecular formula is C20H26O8. The first-order chi connectivity index (χ1) is 13.2. The van der Waals surface area contributed by atoms with E-state index in [1.54, 1.807) is 14.2 Å². The summed E-state index contributed by atoms with van der Waals surface area (Å²) >= 11 is 0. The van der Waals surface area contributed by atoms with Crippen molar-refractivity contribution in [3.8, 4) is 23.7 Å². The van der Waals surface area contributed by atoms with Gasteiger partial charge in [0.05, 0.1) is 0 Å². The summed E-state index contributed by atoms with van der Waals surface area (Å²) in [6.45, 7) is 7.42. The van der Waals surface area contributed by atoms with Crippen LogP contribution in [0.1, 0.15) is 27.7 Å². The van der Waals surface area contributed by atoms with Gasteiger partial charge in [0.25, 0.3) is 0 Å². The lowest BCUT2D eigenvalue weighted by molar-refractivity contribution is -0.220. The van der Waals surface area contributed by atoms with Gasteiger partial charge in [-0.15, -0.1) is 0 Å². The van der Waals surface area contributed by atoms with E-state index in [9.17, 15) is 0 Å². The Kier molecular flexibility index (Phi) is 5.20. The zero-order chi connectivity index (χ0) is 20.1. The molecule has 8 heteroatoms. The molecular weight excluding hydrogens is 368 g/mol. The Hall–Kier alpha value is -1.20. The van der Waals surface area contributed by atoms with Gasteiger partial charge in [0.15, 0.2) is 36.4 Å². The van der Waals surface area contributed by atoms with Crippen molar-refractivity contribution in [3.63, 3.8) is 0 Å². The summed E-state index contributed by atoms with van der Waals surface area (Å²) in [7, 11) is 3.13. The Labute approximate surface area is 165 Å². The average Bonchev–Trinajstić information content (AvgIpc) is 3.29. The number of hydrogen-bond acceptors (Lipinski definition) is 8. The van der Waals surface area contributed by atoms with E-state index < -0.39 is 36.4 Å². The summed E-state index contributed by atoms with van der Waals surface area (Å²) in [5.74, 6) is 10.2. The molecule has 4 saturated heterocycles. The van der Waals surface area contributed by atoms with Crippen molar-refractivity contribution in [2.75, 3.05) is 14.2 Å². The molecule has 28 heavy (non-hydrogen) atoms. The smallest absolute Gasteiger partial charge is 0.187 e. The van der Waals surface area contributed by atoms with Crippen molar-refractivity contribution in [1.82, 2.24) is 0 Å². The number of methoxy groups -OCH3 is 2. The Morgan fingerprint density at radius 3 is 1.32 bits per heavy atom. The van der Waals surface area contributed by atoms with Crippen LogP contribution < -0.4 is 0 Å². The molecule has 0 bridgehead atoms. The third-order valence-corrected chi connectivity index (χ3v) is 4.98. The molecule has 0 aromatic rings. The van der Waals surface area contributed by atoms with E-state index >= 15 is 0 Å². The molecule has 0 amide bonds. The van der Waals surface area contributed by atoms with Crippen LogP contribution in [0, 0.1) is 23.7 Å². The first-order valence-electron chi connectivity index (χ1n) is 9.32. The van der Waals surface area contributed by atoms with Crippen LogP contribution in [-0.2, 0) is 37.9 Å². The molecule has 0 N–H and O–H groups in total. The maximum absolute atomic E-state index is 5.90. The largest absolute Gasteiger partial charge is 0.353 e. The molecule has 4 rings (SSSR count). The van der Waals surface area contributed by atoms with Crippen LogP contribution in [0.5, 0.6) is 0 Å². The molecule has 4 fully saturated rings. The zero-order valence-electron chi connectivity index (χ0n) is 16.9. The van der Waals surface area contributed by atoms with Crippen molar-refractivity contribution >= 4 is 0 Å². The van der Waals surface area contributed by atoms with Gasteiger partial charge in [-0.25, -0.2) is 0 Å². The molecule has 8 nitrogen and oxygen atoms in total. The van der Waals surface area contributed by atoms with Crippen LogP contribution in [0.3, 0.4) is 0 Å². The summed E-state index contributed by atoms with van der Waals surface area (Å²) < 4.78 is 45.7. The highest BCUT2D eigenvalue weighted by Gasteiger charge is 2.56. The third kappa shape index (κ3) is 3.68. The number of fused-ring (bicyclic) bond motifs is 2. The van der Waals surface area contributed by atoms with Gasteiger partial charge in [-0.2, -0.15) is 0 Å². The van der Waals surface area contributed by atoms with Gasteiger partial charge >= 0.3 is 0 Å². The maximum atomic E-state index is 5.90. The van der Waals surface area contributed by atoms with Crippen LogP contribution in [-0.4, -0.2) is 75.0 Å². The zero-order valence-corrected chi connectivity index (χ0v) is 16.9. The summed E-state index contributed by atoms with van der Waals surface area (Å²) in [6.07, 6.45) is -3.31. The summed E-state index contributed by atoms with van der Waals surface area (Å²) in [5, 5.41) is 0. The number of ether oxygens (including phenoxy) is 8. The second kappa shape index (κ2) is 7.24. The van der Waals surface area contributed by atoms with Crippen LogP contribution in [0.4, 0.5) is 0 Å². The van der Waals surface area contributed by atoms with Crippen molar-refractivity contribution in [2.45, 2.75) is 88.5 Å². The fraction of sp³-hybridized carbons (Fsp3) is 0.800. The number of rotatable bonds is 2. The van der Waals surface area contributed by atoms with Gasteiger partial charge in [-0.1, -0.05) is 11.8 Å². The highest BCUT2D eigenvalue weighted by molar-refractivity contribution is 5.31. The van der Waals surface area contributed by atoms with Gasteiger partial charge < -0.3 is 37.9 Å². The first kappa shape index (κ1) is 20.1. The van der Waals surface area contributed by atoms with E-state index in [1.165, 1.54) is 0 Å². The second-order valence-corrected chi connectivity index (χ2v) is 7.99. The van der Waals surface area contributed by atoms with E-state index in [2.05, 4.69) is 23.7 Å². The van der Waals surface area contributed by atoms with Crippen molar-refractivity contribution in [2.24, 2.45) is 0 Å². The Bertz CT molecular complexity index is 664. The standard InChI is InChI=1S/C20H26O8/c1-19(2)25-13-11(23-17(21-5)15(13)27-19)9-7-8-10-12-14-16(18(22-6)24-12)28-20(3,4)26-14/h11-18H,1-6H3/t11-,12-,13-,14-,15-,16-,17-,18-/m1/s1. The van der Waals surface area contributed by atoms with Crippen LogP contribution in [0.25, 0.3) is 0 Å². The molecule has 0 spiro atoms. The molecule has 0 aromatic carbocycles. The first-order valence-corrected chi connectivity index (χ1v) is 9.32. The van der Waals surface area contributed by atoms with E-state index in [0.717, 1.165) is 0 Å². The van der Waals surface area contributed by atoms with Gasteiger partial charge in [-0.3, -0.25) is 0 Å². The summed E-state index contributed by atoms with van der Waals surface area (Å²) in [4.78, 5) is 0. The minimum atomic E-state index is -0.698. The highest BCUT2D eigenvalue weighted by atomic mass is 16.8. The predicted molar refractivity (Wildman–Crippen MR) is 94.5 cm³/mol. The molecule has 0 aliphatic carbocycles. The topological polar surface area (TPSA) is 73.8 Å². The quantitative estimate of drug-likeness (QED) is 0.636. The van der Waals surface area contributed by atoms with Crippen LogP contribution in [0.15, 0.2) is 0 Å². The molecule has 0 saturated carbocycles. The Balaban J connectivity index is 1.44. The molecule has 0 unspecified atom stereocenters. The summed E-state index contributed by atoms with van der Waals surface area (Å²) in [6, 6.07) is 0. The Morgan fingerprint density at radius 2 is 0.964 bits per heavy atom. The highest BCUT2D eigenvalue weighted by Crippen LogP contribution is 2.39. The van der Waals surface area contributed by atoms with Crippen LogP contribution in [0.2, 0.25) is 0 Å². The van der Waals surface area contributed by atoms with Crippen molar-refractivity contribution in [1.29, 1.82) is 0 Å². The molecule has 8 atom stereocenters. The summed E-state index contributed by atoms with van der Waals surface area (Å²) in [5.41, 5.74) is 0. The second-order valence-electron chi connectivity index (χ2n) is 7.99. The molecule has 0 aromatic heterocycles. The predicted octanol–water partition coefficient (Wildman–Crippen LogP) is 0.776. The lowest BCUT2D eigenvalue weighted by Gasteiger charge is -2.22. The third-order valence-electron chi connectivity index (χ3n) is 4.98. The molecule has 154 valence electrons. The maximum Gasteiger partial charge on any atom is 0.187 e. The number of hydrogen-bond donors (Lipinski definition) is 0. The van der Waals surface area contributed by atoms with E-state index in [1.807, 2.05) is 27.7 Å². The van der Waals surface area contributed by atoms with E-state index in [4.69, 9.17) is 37.9 Å². The van der Waals surface area contributed by atoms with E-state index in [0.29, 0.717) is 0 Å². The van der Waals surface area contributed by atoms with Gasteiger partial charge in [0.2, 0.25) is 0 Å². The van der Waals surface area contributed by atoms with Gasteiger partial charge in [-0.05, 0) is 39.5 Å². The SMILES string of the molecule is CO[C@@H]1O[C@H](C#CC#C[C@H]2O[C@@H](OC)[C@@H]3OC(C)(C)O[C@@H]32)[C@H]2OC(C)(C)O[C@@H]12. The lowest BCUT2D eigenvalue weighted by atomic mass is 10.1.